The van der Waals surface area contributed by atoms with Crippen molar-refractivity contribution >= 4 is 6.16 Å². The van der Waals surface area contributed by atoms with E-state index in [0.29, 0.717) is 13.2 Å². The van der Waals surface area contributed by atoms with Crippen LogP contribution in [-0.4, -0.2) is 25.0 Å². The van der Waals surface area contributed by atoms with E-state index in [1.807, 2.05) is 43.3 Å². The number of hydrogen-bond donors (Lipinski definition) is 0. The summed E-state index contributed by atoms with van der Waals surface area (Å²) < 4.78 is 15.6. The molecule has 0 unspecified atom stereocenters. The van der Waals surface area contributed by atoms with Crippen LogP contribution in [0.5, 0.6) is 0 Å². The Bertz CT molecular complexity index is 413. The van der Waals surface area contributed by atoms with Gasteiger partial charge in [0.2, 0.25) is 0 Å². The second kappa shape index (κ2) is 6.21. The number of carbonyl (C=O) groups excluding carboxylic acids is 1. The maximum absolute atomic E-state index is 11.0. The lowest BCUT2D eigenvalue weighted by atomic mass is 10.2. The van der Waals surface area contributed by atoms with Crippen molar-refractivity contribution in [3.63, 3.8) is 0 Å². The quantitative estimate of drug-likeness (QED) is 0.593. The van der Waals surface area contributed by atoms with Gasteiger partial charge in [-0.05, 0) is 18.6 Å². The van der Waals surface area contributed by atoms with E-state index in [1.54, 1.807) is 6.08 Å². The molecule has 2 atom stereocenters. The van der Waals surface area contributed by atoms with Crippen LogP contribution in [-0.2, 0) is 20.8 Å². The molecule has 1 heterocycles. The highest BCUT2D eigenvalue weighted by Gasteiger charge is 2.34. The lowest BCUT2D eigenvalue weighted by Crippen LogP contribution is -2.25. The molecule has 4 nitrogen and oxygen atoms in total. The van der Waals surface area contributed by atoms with E-state index in [0.717, 1.165) is 5.56 Å². The topological polar surface area (TPSA) is 44.8 Å². The maximum Gasteiger partial charge on any atom is 0.509 e. The molecule has 0 amide bonds. The fourth-order valence-corrected chi connectivity index (χ4v) is 1.75. The van der Waals surface area contributed by atoms with Gasteiger partial charge in [-0.2, -0.15) is 0 Å². The van der Waals surface area contributed by atoms with Crippen molar-refractivity contribution in [1.82, 2.24) is 0 Å². The summed E-state index contributed by atoms with van der Waals surface area (Å²) in [7, 11) is 0. The minimum Gasteiger partial charge on any atom is -0.424 e. The molecular formula is C14H16O4. The Morgan fingerprint density at radius 2 is 2.06 bits per heavy atom. The summed E-state index contributed by atoms with van der Waals surface area (Å²) >= 11 is 0. The smallest absolute Gasteiger partial charge is 0.424 e. The van der Waals surface area contributed by atoms with E-state index in [9.17, 15) is 4.79 Å². The monoisotopic (exact) mass is 248 g/mol. The zero-order valence-corrected chi connectivity index (χ0v) is 10.2. The van der Waals surface area contributed by atoms with Crippen molar-refractivity contribution in [3.8, 4) is 0 Å². The minimum absolute atomic E-state index is 0.329. The molecule has 1 saturated heterocycles. The first-order chi connectivity index (χ1) is 8.79. The van der Waals surface area contributed by atoms with Gasteiger partial charge in [0.25, 0.3) is 0 Å². The van der Waals surface area contributed by atoms with Crippen molar-refractivity contribution in [1.29, 1.82) is 0 Å². The van der Waals surface area contributed by atoms with E-state index in [4.69, 9.17) is 14.2 Å². The van der Waals surface area contributed by atoms with Crippen LogP contribution in [0.3, 0.4) is 0 Å². The summed E-state index contributed by atoms with van der Waals surface area (Å²) in [5, 5.41) is 0. The molecule has 2 rings (SSSR count). The Labute approximate surface area is 106 Å². The predicted molar refractivity (Wildman–Crippen MR) is 66.1 cm³/mol. The van der Waals surface area contributed by atoms with Gasteiger partial charge in [0, 0.05) is 0 Å². The SMILES string of the molecule is C/C=C/[C@@H]1OC(=O)O[C@H]1COCc1ccccc1. The molecule has 4 heteroatoms. The van der Waals surface area contributed by atoms with Crippen LogP contribution in [0, 0.1) is 0 Å². The summed E-state index contributed by atoms with van der Waals surface area (Å²) in [6.45, 7) is 2.70. The van der Waals surface area contributed by atoms with E-state index in [2.05, 4.69) is 0 Å². The van der Waals surface area contributed by atoms with E-state index in [-0.39, 0.29) is 12.2 Å². The van der Waals surface area contributed by atoms with E-state index in [1.165, 1.54) is 0 Å². The Morgan fingerprint density at radius 3 is 2.78 bits per heavy atom. The first-order valence-corrected chi connectivity index (χ1v) is 5.91. The number of carbonyl (C=O) groups is 1. The molecule has 0 radical (unpaired) electrons. The number of benzene rings is 1. The van der Waals surface area contributed by atoms with E-state index >= 15 is 0 Å². The van der Waals surface area contributed by atoms with Crippen molar-refractivity contribution in [2.24, 2.45) is 0 Å². The summed E-state index contributed by atoms with van der Waals surface area (Å²) in [6, 6.07) is 9.85. The summed E-state index contributed by atoms with van der Waals surface area (Å²) in [5.74, 6) is 0. The third-order valence-corrected chi connectivity index (χ3v) is 2.62. The van der Waals surface area contributed by atoms with Gasteiger partial charge >= 0.3 is 6.16 Å². The second-order valence-electron chi connectivity index (χ2n) is 4.02. The third-order valence-electron chi connectivity index (χ3n) is 2.62. The molecule has 1 aromatic rings. The predicted octanol–water partition coefficient (Wildman–Crippen LogP) is 2.68. The van der Waals surface area contributed by atoms with Crippen LogP contribution < -0.4 is 0 Å². The Balaban J connectivity index is 1.81. The number of ether oxygens (including phenoxy) is 3. The maximum atomic E-state index is 11.0. The molecule has 0 aromatic heterocycles. The lowest BCUT2D eigenvalue weighted by Gasteiger charge is -2.12. The van der Waals surface area contributed by atoms with E-state index < -0.39 is 6.16 Å². The van der Waals surface area contributed by atoms with Crippen molar-refractivity contribution in [2.45, 2.75) is 25.7 Å². The van der Waals surface area contributed by atoms with Gasteiger partial charge in [-0.1, -0.05) is 36.4 Å². The molecule has 18 heavy (non-hydrogen) atoms. The van der Waals surface area contributed by atoms with Crippen LogP contribution in [0.1, 0.15) is 12.5 Å². The highest BCUT2D eigenvalue weighted by Crippen LogP contribution is 2.17. The van der Waals surface area contributed by atoms with Gasteiger partial charge in [-0.3, -0.25) is 0 Å². The van der Waals surface area contributed by atoms with Crippen LogP contribution in [0.2, 0.25) is 0 Å². The fraction of sp³-hybridized carbons (Fsp3) is 0.357. The van der Waals surface area contributed by atoms with Gasteiger partial charge in [-0.25, -0.2) is 4.79 Å². The van der Waals surface area contributed by atoms with Crippen molar-refractivity contribution in [2.75, 3.05) is 6.61 Å². The standard InChI is InChI=1S/C14H16O4/c1-2-6-12-13(18-14(15)17-12)10-16-9-11-7-4-3-5-8-11/h2-8,12-13H,9-10H2,1H3/b6-2+/t12-,13-/m0/s1. The average Bonchev–Trinajstić information content (AvgIpc) is 2.72. The molecular weight excluding hydrogens is 232 g/mol. The molecule has 1 fully saturated rings. The molecule has 1 aromatic carbocycles. The second-order valence-corrected chi connectivity index (χ2v) is 4.02. The summed E-state index contributed by atoms with van der Waals surface area (Å²) in [4.78, 5) is 11.0. The van der Waals surface area contributed by atoms with Gasteiger partial charge in [0.1, 0.15) is 0 Å². The molecule has 0 aliphatic carbocycles. The highest BCUT2D eigenvalue weighted by molar-refractivity contribution is 5.63. The Kier molecular flexibility index (Phi) is 4.36. The molecule has 0 N–H and O–H groups in total. The first-order valence-electron chi connectivity index (χ1n) is 5.91. The normalized spacial score (nSPS) is 23.1. The lowest BCUT2D eigenvalue weighted by molar-refractivity contribution is 0.0305. The molecule has 0 spiro atoms. The zero-order chi connectivity index (χ0) is 12.8. The number of cyclic esters (lactones) is 2. The minimum atomic E-state index is -0.633. The number of rotatable bonds is 5. The zero-order valence-electron chi connectivity index (χ0n) is 10.2. The third kappa shape index (κ3) is 3.34. The fourth-order valence-electron chi connectivity index (χ4n) is 1.75. The van der Waals surface area contributed by atoms with Gasteiger partial charge in [0.15, 0.2) is 12.2 Å². The Morgan fingerprint density at radius 1 is 1.28 bits per heavy atom. The van der Waals surface area contributed by atoms with Crippen molar-refractivity contribution in [3.05, 3.63) is 48.0 Å². The molecule has 0 saturated carbocycles. The average molecular weight is 248 g/mol. The number of allylic oxidation sites excluding steroid dienone is 1. The van der Waals surface area contributed by atoms with Crippen LogP contribution >= 0.6 is 0 Å². The van der Waals surface area contributed by atoms with Gasteiger partial charge in [0.05, 0.1) is 13.2 Å². The Hall–Kier alpha value is -1.81. The van der Waals surface area contributed by atoms with Gasteiger partial charge in [-0.15, -0.1) is 0 Å². The highest BCUT2D eigenvalue weighted by atomic mass is 16.8. The molecule has 96 valence electrons. The van der Waals surface area contributed by atoms with Crippen LogP contribution in [0.25, 0.3) is 0 Å². The summed E-state index contributed by atoms with van der Waals surface area (Å²) in [6.07, 6.45) is 2.28. The number of hydrogen-bond acceptors (Lipinski definition) is 4. The molecule has 1 aliphatic heterocycles. The summed E-state index contributed by atoms with van der Waals surface area (Å²) in [5.41, 5.74) is 1.09. The molecule has 0 bridgehead atoms. The van der Waals surface area contributed by atoms with Crippen LogP contribution in [0.4, 0.5) is 4.79 Å². The van der Waals surface area contributed by atoms with Crippen molar-refractivity contribution < 1.29 is 19.0 Å². The first kappa shape index (κ1) is 12.6. The van der Waals surface area contributed by atoms with Crippen LogP contribution in [0.15, 0.2) is 42.5 Å². The molecule has 1 aliphatic rings. The van der Waals surface area contributed by atoms with Gasteiger partial charge < -0.3 is 14.2 Å². The largest absolute Gasteiger partial charge is 0.509 e.